The fourth-order valence-corrected chi connectivity index (χ4v) is 3.03. The maximum Gasteiger partial charge on any atom is 0.220 e. The van der Waals surface area contributed by atoms with Crippen LogP contribution in [0.25, 0.3) is 0 Å². The lowest BCUT2D eigenvalue weighted by atomic mass is 10.1. The van der Waals surface area contributed by atoms with Gasteiger partial charge in [-0.25, -0.2) is 4.98 Å². The quantitative estimate of drug-likeness (QED) is 0.744. The van der Waals surface area contributed by atoms with E-state index in [1.807, 2.05) is 26.0 Å². The predicted molar refractivity (Wildman–Crippen MR) is 101 cm³/mol. The molecule has 5 nitrogen and oxygen atoms in total. The lowest BCUT2D eigenvalue weighted by Crippen LogP contribution is -2.38. The molecule has 0 atom stereocenters. The fraction of sp³-hybridized carbons (Fsp3) is 0.700. The van der Waals surface area contributed by atoms with Crippen LogP contribution in [-0.2, 0) is 11.3 Å². The van der Waals surface area contributed by atoms with Gasteiger partial charge in [-0.2, -0.15) is 0 Å². The summed E-state index contributed by atoms with van der Waals surface area (Å²) in [6, 6.07) is 3.89. The molecule has 1 aromatic heterocycles. The summed E-state index contributed by atoms with van der Waals surface area (Å²) in [6.07, 6.45) is 7.29. The third kappa shape index (κ3) is 7.43. The second kappa shape index (κ2) is 10.4. The second-order valence-corrected chi connectivity index (χ2v) is 7.39. The summed E-state index contributed by atoms with van der Waals surface area (Å²) in [5.74, 6) is 1.15. The molecular weight excluding hydrogens is 314 g/mol. The summed E-state index contributed by atoms with van der Waals surface area (Å²) in [7, 11) is 0. The maximum absolute atomic E-state index is 11.7. The molecule has 0 unspecified atom stereocenters. The highest BCUT2D eigenvalue weighted by atomic mass is 16.5. The van der Waals surface area contributed by atoms with Crippen molar-refractivity contribution in [1.29, 1.82) is 0 Å². The Labute approximate surface area is 152 Å². The number of ether oxygens (including phenoxy) is 1. The third-order valence-corrected chi connectivity index (χ3v) is 4.53. The summed E-state index contributed by atoms with van der Waals surface area (Å²) < 4.78 is 6.02. The molecule has 2 rings (SSSR count). The van der Waals surface area contributed by atoms with Crippen molar-refractivity contribution in [2.24, 2.45) is 5.92 Å². The number of carbonyl (C=O) groups excluding carboxylic acids is 1. The molecule has 0 spiro atoms. The number of carbonyl (C=O) groups is 1. The first-order valence-corrected chi connectivity index (χ1v) is 9.67. The minimum atomic E-state index is 0.0881. The minimum Gasteiger partial charge on any atom is -0.474 e. The van der Waals surface area contributed by atoms with E-state index < -0.39 is 0 Å². The number of unbranched alkanes of at least 4 members (excludes halogenated alkanes) is 1. The Bertz CT molecular complexity index is 508. The normalized spacial score (nSPS) is 16.2. The van der Waals surface area contributed by atoms with E-state index in [1.165, 1.54) is 19.4 Å². The first kappa shape index (κ1) is 19.7. The van der Waals surface area contributed by atoms with E-state index in [0.717, 1.165) is 31.5 Å². The van der Waals surface area contributed by atoms with Crippen LogP contribution in [0.5, 0.6) is 5.88 Å². The van der Waals surface area contributed by atoms with Crippen LogP contribution in [0.2, 0.25) is 0 Å². The predicted octanol–water partition coefficient (Wildman–Crippen LogP) is 3.39. The Hall–Kier alpha value is -1.62. The maximum atomic E-state index is 11.7. The highest BCUT2D eigenvalue weighted by Crippen LogP contribution is 2.18. The molecule has 0 bridgehead atoms. The van der Waals surface area contributed by atoms with Crippen LogP contribution < -0.4 is 10.1 Å². The van der Waals surface area contributed by atoms with Crippen LogP contribution in [0, 0.1) is 5.92 Å². The lowest BCUT2D eigenvalue weighted by molar-refractivity contribution is -0.121. The third-order valence-electron chi connectivity index (χ3n) is 4.53. The van der Waals surface area contributed by atoms with Gasteiger partial charge in [0.25, 0.3) is 0 Å². The van der Waals surface area contributed by atoms with Crippen molar-refractivity contribution >= 4 is 5.91 Å². The molecule has 0 aliphatic carbocycles. The number of likely N-dealkylation sites (tertiary alicyclic amines) is 1. The average Bonchev–Trinajstić information content (AvgIpc) is 2.60. The van der Waals surface area contributed by atoms with Gasteiger partial charge in [-0.1, -0.05) is 33.3 Å². The first-order valence-electron chi connectivity index (χ1n) is 9.67. The van der Waals surface area contributed by atoms with E-state index in [-0.39, 0.29) is 12.0 Å². The van der Waals surface area contributed by atoms with E-state index in [1.54, 1.807) is 6.20 Å². The molecule has 0 aromatic carbocycles. The van der Waals surface area contributed by atoms with Crippen molar-refractivity contribution in [3.8, 4) is 5.88 Å². The molecule has 1 saturated heterocycles. The summed E-state index contributed by atoms with van der Waals surface area (Å²) in [6.45, 7) is 10.3. The smallest absolute Gasteiger partial charge is 0.220 e. The highest BCUT2D eigenvalue weighted by molar-refractivity contribution is 5.76. The fourth-order valence-electron chi connectivity index (χ4n) is 3.03. The molecule has 140 valence electrons. The van der Waals surface area contributed by atoms with E-state index >= 15 is 0 Å². The summed E-state index contributed by atoms with van der Waals surface area (Å²) in [5, 5.41) is 2.93. The van der Waals surface area contributed by atoms with Crippen molar-refractivity contribution < 1.29 is 9.53 Å². The number of amides is 1. The highest BCUT2D eigenvalue weighted by Gasteiger charge is 2.20. The number of aromatic nitrogens is 1. The molecule has 25 heavy (non-hydrogen) atoms. The molecule has 0 saturated carbocycles. The number of pyridine rings is 1. The van der Waals surface area contributed by atoms with Crippen LogP contribution in [0.1, 0.15) is 58.4 Å². The van der Waals surface area contributed by atoms with E-state index in [2.05, 4.69) is 22.1 Å². The van der Waals surface area contributed by atoms with Crippen LogP contribution in [0.15, 0.2) is 18.3 Å². The molecule has 5 heteroatoms. The Balaban J connectivity index is 1.71. The molecule has 1 aliphatic heterocycles. The van der Waals surface area contributed by atoms with Crippen molar-refractivity contribution in [2.45, 2.75) is 65.5 Å². The molecule has 0 radical (unpaired) electrons. The zero-order chi connectivity index (χ0) is 18.1. The van der Waals surface area contributed by atoms with E-state index in [9.17, 15) is 4.79 Å². The standard InChI is InChI=1S/C20H33N3O2/c1-4-5-10-23-11-8-18(9-12-23)25-20-7-6-17(15-22-20)14-21-19(24)13-16(2)3/h6-7,15-16,18H,4-5,8-14H2,1-3H3,(H,21,24). The molecule has 2 heterocycles. The van der Waals surface area contributed by atoms with Gasteiger partial charge >= 0.3 is 0 Å². The van der Waals surface area contributed by atoms with Gasteiger partial charge in [-0.05, 0) is 37.3 Å². The zero-order valence-corrected chi connectivity index (χ0v) is 16.0. The molecule has 1 aliphatic rings. The van der Waals surface area contributed by atoms with E-state index in [0.29, 0.717) is 24.8 Å². The molecule has 1 aromatic rings. The summed E-state index contributed by atoms with van der Waals surface area (Å²) in [4.78, 5) is 18.6. The van der Waals surface area contributed by atoms with Crippen molar-refractivity contribution in [2.75, 3.05) is 19.6 Å². The van der Waals surface area contributed by atoms with Gasteiger partial charge in [-0.15, -0.1) is 0 Å². The van der Waals surface area contributed by atoms with Crippen LogP contribution in [-0.4, -0.2) is 41.5 Å². The van der Waals surface area contributed by atoms with Crippen molar-refractivity contribution in [1.82, 2.24) is 15.2 Å². The molecule has 1 N–H and O–H groups in total. The van der Waals surface area contributed by atoms with E-state index in [4.69, 9.17) is 4.74 Å². The van der Waals surface area contributed by atoms with Crippen LogP contribution in [0.3, 0.4) is 0 Å². The summed E-state index contributed by atoms with van der Waals surface area (Å²) >= 11 is 0. The Morgan fingerprint density at radius 2 is 2.12 bits per heavy atom. The van der Waals surface area contributed by atoms with Gasteiger partial charge in [0, 0.05) is 38.3 Å². The topological polar surface area (TPSA) is 54.5 Å². The van der Waals surface area contributed by atoms with Gasteiger partial charge in [0.2, 0.25) is 11.8 Å². The van der Waals surface area contributed by atoms with Gasteiger partial charge in [0.05, 0.1) is 0 Å². The lowest BCUT2D eigenvalue weighted by Gasteiger charge is -2.31. The number of nitrogens with zero attached hydrogens (tertiary/aromatic N) is 2. The molecular formula is C20H33N3O2. The van der Waals surface area contributed by atoms with Crippen molar-refractivity contribution in [3.63, 3.8) is 0 Å². The first-order chi connectivity index (χ1) is 12.1. The van der Waals surface area contributed by atoms with Crippen molar-refractivity contribution in [3.05, 3.63) is 23.9 Å². The zero-order valence-electron chi connectivity index (χ0n) is 16.0. The average molecular weight is 348 g/mol. The number of nitrogens with one attached hydrogen (secondary N) is 1. The Kier molecular flexibility index (Phi) is 8.19. The van der Waals surface area contributed by atoms with Crippen LogP contribution in [0.4, 0.5) is 0 Å². The van der Waals surface area contributed by atoms with Gasteiger partial charge in [-0.3, -0.25) is 4.79 Å². The monoisotopic (exact) mass is 347 g/mol. The number of rotatable bonds is 9. The number of hydrogen-bond donors (Lipinski definition) is 1. The molecule has 1 amide bonds. The Morgan fingerprint density at radius 3 is 2.72 bits per heavy atom. The minimum absolute atomic E-state index is 0.0881. The van der Waals surface area contributed by atoms with Gasteiger partial charge < -0.3 is 15.0 Å². The SMILES string of the molecule is CCCCN1CCC(Oc2ccc(CNC(=O)CC(C)C)cn2)CC1. The Morgan fingerprint density at radius 1 is 1.36 bits per heavy atom. The molecule has 1 fully saturated rings. The van der Waals surface area contributed by atoms with Gasteiger partial charge in [0.15, 0.2) is 0 Å². The number of hydrogen-bond acceptors (Lipinski definition) is 4. The van der Waals surface area contributed by atoms with Gasteiger partial charge in [0.1, 0.15) is 6.10 Å². The number of piperidine rings is 1. The van der Waals surface area contributed by atoms with Crippen LogP contribution >= 0.6 is 0 Å². The summed E-state index contributed by atoms with van der Waals surface area (Å²) in [5.41, 5.74) is 0.999. The second-order valence-electron chi connectivity index (χ2n) is 7.39. The largest absolute Gasteiger partial charge is 0.474 e.